The molecule has 0 atom stereocenters. The fourth-order valence-electron chi connectivity index (χ4n) is 1.55. The van der Waals surface area contributed by atoms with Gasteiger partial charge < -0.3 is 14.4 Å². The molecule has 0 aliphatic rings. The largest absolute Gasteiger partial charge is 0.494 e. The summed E-state index contributed by atoms with van der Waals surface area (Å²) in [6.07, 6.45) is 0. The average Bonchev–Trinajstić information content (AvgIpc) is 2.39. The summed E-state index contributed by atoms with van der Waals surface area (Å²) < 4.78 is 10.1. The van der Waals surface area contributed by atoms with Gasteiger partial charge in [0, 0.05) is 12.6 Å². The zero-order valence-corrected chi connectivity index (χ0v) is 11.5. The molecule has 0 aliphatic heterocycles. The van der Waals surface area contributed by atoms with Crippen LogP contribution in [0.2, 0.25) is 0 Å². The Balaban J connectivity index is 2.63. The lowest BCUT2D eigenvalue weighted by atomic mass is 10.2. The van der Waals surface area contributed by atoms with Crippen molar-refractivity contribution in [2.24, 2.45) is 0 Å². The smallest absolute Gasteiger partial charge is 0.325 e. The van der Waals surface area contributed by atoms with E-state index >= 15 is 0 Å². The van der Waals surface area contributed by atoms with Crippen LogP contribution in [0.15, 0.2) is 24.3 Å². The normalized spacial score (nSPS) is 9.84. The monoisotopic (exact) mass is 265 g/mol. The van der Waals surface area contributed by atoms with Crippen LogP contribution in [-0.4, -0.2) is 43.6 Å². The van der Waals surface area contributed by atoms with Gasteiger partial charge in [0.05, 0.1) is 13.2 Å². The van der Waals surface area contributed by atoms with Gasteiger partial charge in [0.2, 0.25) is 0 Å². The molecule has 0 aromatic heterocycles. The second-order valence-electron chi connectivity index (χ2n) is 3.92. The molecule has 19 heavy (non-hydrogen) atoms. The maximum Gasteiger partial charge on any atom is 0.325 e. The lowest BCUT2D eigenvalue weighted by Gasteiger charge is -2.16. The van der Waals surface area contributed by atoms with Gasteiger partial charge in [-0.3, -0.25) is 9.59 Å². The SMILES string of the molecule is CCOC(=O)CN(C)C(=O)c1ccc(OCC)cc1. The number of amides is 1. The molecule has 1 aromatic carbocycles. The van der Waals surface area contributed by atoms with E-state index in [1.54, 1.807) is 38.2 Å². The van der Waals surface area contributed by atoms with Gasteiger partial charge in [-0.1, -0.05) is 0 Å². The molecule has 0 fully saturated rings. The minimum Gasteiger partial charge on any atom is -0.494 e. The molecule has 0 unspecified atom stereocenters. The fraction of sp³-hybridized carbons (Fsp3) is 0.429. The van der Waals surface area contributed by atoms with Gasteiger partial charge in [-0.2, -0.15) is 0 Å². The van der Waals surface area contributed by atoms with Crippen LogP contribution in [0.25, 0.3) is 0 Å². The predicted molar refractivity (Wildman–Crippen MR) is 71.2 cm³/mol. The second-order valence-corrected chi connectivity index (χ2v) is 3.92. The summed E-state index contributed by atoms with van der Waals surface area (Å²) in [4.78, 5) is 24.7. The van der Waals surface area contributed by atoms with Crippen molar-refractivity contribution in [3.8, 4) is 5.75 Å². The van der Waals surface area contributed by atoms with Crippen molar-refractivity contribution >= 4 is 11.9 Å². The lowest BCUT2D eigenvalue weighted by Crippen LogP contribution is -2.33. The van der Waals surface area contributed by atoms with Crippen LogP contribution in [0.3, 0.4) is 0 Å². The Morgan fingerprint density at radius 1 is 1.11 bits per heavy atom. The van der Waals surface area contributed by atoms with Gasteiger partial charge in [0.15, 0.2) is 0 Å². The number of ether oxygens (including phenoxy) is 2. The number of hydrogen-bond donors (Lipinski definition) is 0. The van der Waals surface area contributed by atoms with E-state index in [1.165, 1.54) is 4.90 Å². The van der Waals surface area contributed by atoms with Crippen LogP contribution in [0.5, 0.6) is 5.75 Å². The molecule has 5 heteroatoms. The van der Waals surface area contributed by atoms with Crippen LogP contribution in [0, 0.1) is 0 Å². The van der Waals surface area contributed by atoms with E-state index in [-0.39, 0.29) is 12.5 Å². The first-order valence-corrected chi connectivity index (χ1v) is 6.22. The van der Waals surface area contributed by atoms with Crippen molar-refractivity contribution < 1.29 is 19.1 Å². The Morgan fingerprint density at radius 3 is 2.26 bits per heavy atom. The van der Waals surface area contributed by atoms with E-state index < -0.39 is 5.97 Å². The van der Waals surface area contributed by atoms with E-state index in [0.29, 0.717) is 24.5 Å². The topological polar surface area (TPSA) is 55.8 Å². The van der Waals surface area contributed by atoms with Gasteiger partial charge in [0.1, 0.15) is 12.3 Å². The minimum absolute atomic E-state index is 0.0557. The maximum absolute atomic E-state index is 12.0. The quantitative estimate of drug-likeness (QED) is 0.735. The minimum atomic E-state index is -0.413. The zero-order valence-electron chi connectivity index (χ0n) is 11.5. The standard InChI is InChI=1S/C14H19NO4/c1-4-18-12-8-6-11(7-9-12)14(17)15(3)10-13(16)19-5-2/h6-9H,4-5,10H2,1-3H3. The first-order chi connectivity index (χ1) is 9.08. The third-order valence-corrected chi connectivity index (χ3v) is 2.43. The number of carbonyl (C=O) groups excluding carboxylic acids is 2. The molecule has 0 N–H and O–H groups in total. The summed E-state index contributed by atoms with van der Waals surface area (Å²) in [7, 11) is 1.57. The molecule has 0 saturated carbocycles. The molecular formula is C14H19NO4. The molecule has 1 aromatic rings. The van der Waals surface area contributed by atoms with Gasteiger partial charge in [-0.25, -0.2) is 0 Å². The number of benzene rings is 1. The highest BCUT2D eigenvalue weighted by molar-refractivity contribution is 5.95. The highest BCUT2D eigenvalue weighted by atomic mass is 16.5. The molecule has 104 valence electrons. The highest BCUT2D eigenvalue weighted by Gasteiger charge is 2.15. The maximum atomic E-state index is 12.0. The zero-order chi connectivity index (χ0) is 14.3. The third-order valence-electron chi connectivity index (χ3n) is 2.43. The van der Waals surface area contributed by atoms with E-state index in [1.807, 2.05) is 6.92 Å². The molecule has 0 heterocycles. The van der Waals surface area contributed by atoms with Crippen molar-refractivity contribution in [3.63, 3.8) is 0 Å². The summed E-state index contributed by atoms with van der Waals surface area (Å²) in [5.41, 5.74) is 0.509. The van der Waals surface area contributed by atoms with Crippen molar-refractivity contribution in [1.82, 2.24) is 4.90 Å². The van der Waals surface area contributed by atoms with E-state index in [2.05, 4.69) is 0 Å². The Labute approximate surface area is 113 Å². The molecule has 5 nitrogen and oxygen atoms in total. The molecule has 1 amide bonds. The Bertz CT molecular complexity index is 428. The molecule has 0 saturated heterocycles. The van der Waals surface area contributed by atoms with E-state index in [4.69, 9.17) is 9.47 Å². The summed E-state index contributed by atoms with van der Waals surface area (Å²) in [5.74, 6) is 0.0764. The number of rotatable bonds is 6. The Hall–Kier alpha value is -2.04. The van der Waals surface area contributed by atoms with Gasteiger partial charge in [-0.15, -0.1) is 0 Å². The van der Waals surface area contributed by atoms with Gasteiger partial charge >= 0.3 is 5.97 Å². The van der Waals surface area contributed by atoms with Crippen molar-refractivity contribution in [3.05, 3.63) is 29.8 Å². The van der Waals surface area contributed by atoms with E-state index in [0.717, 1.165) is 0 Å². The van der Waals surface area contributed by atoms with Crippen LogP contribution in [-0.2, 0) is 9.53 Å². The van der Waals surface area contributed by atoms with Crippen LogP contribution in [0.4, 0.5) is 0 Å². The van der Waals surface area contributed by atoms with Crippen LogP contribution < -0.4 is 4.74 Å². The van der Waals surface area contributed by atoms with Crippen molar-refractivity contribution in [2.45, 2.75) is 13.8 Å². The molecular weight excluding hydrogens is 246 g/mol. The number of carbonyl (C=O) groups is 2. The summed E-state index contributed by atoms with van der Waals surface area (Å²) in [6.45, 7) is 4.46. The first-order valence-electron chi connectivity index (χ1n) is 6.22. The average molecular weight is 265 g/mol. The molecule has 0 aliphatic carbocycles. The molecule has 0 radical (unpaired) electrons. The fourth-order valence-corrected chi connectivity index (χ4v) is 1.55. The summed E-state index contributed by atoms with van der Waals surface area (Å²) >= 11 is 0. The highest BCUT2D eigenvalue weighted by Crippen LogP contribution is 2.13. The lowest BCUT2D eigenvalue weighted by molar-refractivity contribution is -0.143. The number of likely N-dealkylation sites (N-methyl/N-ethyl adjacent to an activating group) is 1. The van der Waals surface area contributed by atoms with Crippen LogP contribution in [0.1, 0.15) is 24.2 Å². The molecule has 0 bridgehead atoms. The third kappa shape index (κ3) is 4.62. The Morgan fingerprint density at radius 2 is 1.74 bits per heavy atom. The first kappa shape index (κ1) is 15.0. The molecule has 1 rings (SSSR count). The molecule has 0 spiro atoms. The number of esters is 1. The van der Waals surface area contributed by atoms with Crippen molar-refractivity contribution in [2.75, 3.05) is 26.8 Å². The number of hydrogen-bond acceptors (Lipinski definition) is 4. The van der Waals surface area contributed by atoms with Crippen LogP contribution >= 0.6 is 0 Å². The van der Waals surface area contributed by atoms with Gasteiger partial charge in [0.25, 0.3) is 5.91 Å². The second kappa shape index (κ2) is 7.41. The predicted octanol–water partition coefficient (Wildman–Crippen LogP) is 1.72. The van der Waals surface area contributed by atoms with Gasteiger partial charge in [-0.05, 0) is 38.1 Å². The van der Waals surface area contributed by atoms with Crippen molar-refractivity contribution in [1.29, 1.82) is 0 Å². The number of nitrogens with zero attached hydrogens (tertiary/aromatic N) is 1. The Kier molecular flexibility index (Phi) is 5.85. The van der Waals surface area contributed by atoms with E-state index in [9.17, 15) is 9.59 Å². The summed E-state index contributed by atoms with van der Waals surface area (Å²) in [6, 6.07) is 6.81. The summed E-state index contributed by atoms with van der Waals surface area (Å²) in [5, 5.41) is 0.